The summed E-state index contributed by atoms with van der Waals surface area (Å²) >= 11 is 0. The summed E-state index contributed by atoms with van der Waals surface area (Å²) in [5.74, 6) is 1.95. The molecule has 164 valence electrons. The Morgan fingerprint density at radius 2 is 1.90 bits per heavy atom. The first-order valence-corrected chi connectivity index (χ1v) is 11.4. The molecule has 1 unspecified atom stereocenters. The van der Waals surface area contributed by atoms with Crippen LogP contribution in [0.5, 0.6) is 0 Å². The van der Waals surface area contributed by atoms with E-state index in [-0.39, 0.29) is 23.8 Å². The first-order chi connectivity index (χ1) is 15.0. The largest absolute Gasteiger partial charge is 0.354 e. The average Bonchev–Trinajstić information content (AvgIpc) is 3.24. The van der Waals surface area contributed by atoms with Gasteiger partial charge < -0.3 is 10.6 Å². The number of rotatable bonds is 6. The lowest BCUT2D eigenvalue weighted by molar-refractivity contribution is -0.125. The second-order valence-electron chi connectivity index (χ2n) is 9.04. The number of aromatic nitrogens is 3. The number of nitrogens with one attached hydrogen (secondary N) is 2. The van der Waals surface area contributed by atoms with Gasteiger partial charge in [0.2, 0.25) is 11.8 Å². The Bertz CT molecular complexity index is 923. The smallest absolute Gasteiger partial charge is 0.242 e. The van der Waals surface area contributed by atoms with Crippen LogP contribution in [-0.2, 0) is 9.59 Å². The van der Waals surface area contributed by atoms with Crippen LogP contribution in [0.4, 0.5) is 0 Å². The van der Waals surface area contributed by atoms with Crippen molar-refractivity contribution in [1.82, 2.24) is 25.6 Å². The quantitative estimate of drug-likeness (QED) is 0.746. The van der Waals surface area contributed by atoms with E-state index >= 15 is 0 Å². The topological polar surface area (TPSA) is 96.9 Å². The third kappa shape index (κ3) is 5.09. The van der Waals surface area contributed by atoms with Gasteiger partial charge in [0.15, 0.2) is 0 Å². The van der Waals surface area contributed by atoms with Gasteiger partial charge in [0.05, 0.1) is 5.69 Å². The summed E-state index contributed by atoms with van der Waals surface area (Å²) < 4.78 is 0. The van der Waals surface area contributed by atoms with Gasteiger partial charge in [-0.1, -0.05) is 13.8 Å². The molecule has 0 aromatic carbocycles. The van der Waals surface area contributed by atoms with E-state index in [1.807, 2.05) is 30.7 Å². The standard InChI is InChI=1S/C24H31N5O2/c1-15(2)23-26-14-19(17-9-11-25-12-10-17)22(29-23)18-5-3-16(4-6-18)13-27-24(31)20-7-8-21(30)28-20/h9-12,14-16,18,20H,3-8,13H2,1-2H3,(H,27,31)(H,28,30). The van der Waals surface area contributed by atoms with Crippen molar-refractivity contribution in [3.8, 4) is 11.1 Å². The Balaban J connectivity index is 1.40. The van der Waals surface area contributed by atoms with Crippen LogP contribution in [0.3, 0.4) is 0 Å². The maximum Gasteiger partial charge on any atom is 0.242 e. The molecule has 1 saturated carbocycles. The minimum Gasteiger partial charge on any atom is -0.354 e. The first kappa shape index (κ1) is 21.4. The number of hydrogen-bond acceptors (Lipinski definition) is 5. The molecule has 0 radical (unpaired) electrons. The van der Waals surface area contributed by atoms with Crippen LogP contribution < -0.4 is 10.6 Å². The van der Waals surface area contributed by atoms with Crippen molar-refractivity contribution in [3.05, 3.63) is 42.2 Å². The van der Waals surface area contributed by atoms with Crippen LogP contribution in [0.15, 0.2) is 30.7 Å². The number of carbonyl (C=O) groups excluding carboxylic acids is 2. The Hall–Kier alpha value is -2.83. The van der Waals surface area contributed by atoms with E-state index in [2.05, 4.69) is 34.4 Å². The zero-order chi connectivity index (χ0) is 21.8. The van der Waals surface area contributed by atoms with E-state index in [9.17, 15) is 9.59 Å². The van der Waals surface area contributed by atoms with Crippen molar-refractivity contribution < 1.29 is 9.59 Å². The Kier molecular flexibility index (Phi) is 6.59. The normalized spacial score (nSPS) is 23.6. The second kappa shape index (κ2) is 9.54. The number of pyridine rings is 1. The first-order valence-electron chi connectivity index (χ1n) is 11.4. The minimum absolute atomic E-state index is 0.0312. The average molecular weight is 422 g/mol. The zero-order valence-corrected chi connectivity index (χ0v) is 18.3. The third-order valence-electron chi connectivity index (χ3n) is 6.45. The molecule has 2 aromatic heterocycles. The van der Waals surface area contributed by atoms with Crippen molar-refractivity contribution in [3.63, 3.8) is 0 Å². The summed E-state index contributed by atoms with van der Waals surface area (Å²) in [7, 11) is 0. The highest BCUT2D eigenvalue weighted by Gasteiger charge is 2.29. The van der Waals surface area contributed by atoms with Gasteiger partial charge in [-0.2, -0.15) is 0 Å². The highest BCUT2D eigenvalue weighted by atomic mass is 16.2. The summed E-state index contributed by atoms with van der Waals surface area (Å²) in [4.78, 5) is 37.3. The van der Waals surface area contributed by atoms with Crippen LogP contribution in [0, 0.1) is 5.92 Å². The molecule has 2 aromatic rings. The predicted molar refractivity (Wildman–Crippen MR) is 118 cm³/mol. The van der Waals surface area contributed by atoms with Crippen molar-refractivity contribution >= 4 is 11.8 Å². The molecule has 2 aliphatic rings. The van der Waals surface area contributed by atoms with Crippen molar-refractivity contribution in [1.29, 1.82) is 0 Å². The van der Waals surface area contributed by atoms with E-state index in [4.69, 9.17) is 4.98 Å². The summed E-state index contributed by atoms with van der Waals surface area (Å²) in [6.45, 7) is 4.92. The Morgan fingerprint density at radius 1 is 1.16 bits per heavy atom. The second-order valence-corrected chi connectivity index (χ2v) is 9.04. The Labute approximate surface area is 183 Å². The maximum atomic E-state index is 12.3. The molecule has 3 heterocycles. The van der Waals surface area contributed by atoms with Crippen molar-refractivity contribution in [2.45, 2.75) is 70.3 Å². The molecule has 7 nitrogen and oxygen atoms in total. The Morgan fingerprint density at radius 3 is 2.55 bits per heavy atom. The summed E-state index contributed by atoms with van der Waals surface area (Å²) in [5, 5.41) is 5.78. The van der Waals surface area contributed by atoms with Gasteiger partial charge >= 0.3 is 0 Å². The molecule has 1 aliphatic carbocycles. The van der Waals surface area contributed by atoms with Gasteiger partial charge in [0.25, 0.3) is 0 Å². The molecular formula is C24H31N5O2. The lowest BCUT2D eigenvalue weighted by Gasteiger charge is -2.30. The van der Waals surface area contributed by atoms with Gasteiger partial charge in [0, 0.05) is 49.0 Å². The minimum atomic E-state index is -0.359. The van der Waals surface area contributed by atoms with Crippen molar-refractivity contribution in [2.24, 2.45) is 5.92 Å². The third-order valence-corrected chi connectivity index (χ3v) is 6.45. The summed E-state index contributed by atoms with van der Waals surface area (Å²) in [6.07, 6.45) is 10.8. The molecule has 2 fully saturated rings. The van der Waals surface area contributed by atoms with Crippen molar-refractivity contribution in [2.75, 3.05) is 6.54 Å². The predicted octanol–water partition coefficient (Wildman–Crippen LogP) is 3.33. The van der Waals surface area contributed by atoms with Crippen LogP contribution in [0.25, 0.3) is 11.1 Å². The molecule has 1 atom stereocenters. The van der Waals surface area contributed by atoms with E-state index < -0.39 is 0 Å². The van der Waals surface area contributed by atoms with Crippen LogP contribution >= 0.6 is 0 Å². The molecule has 0 spiro atoms. The van der Waals surface area contributed by atoms with Gasteiger partial charge in [-0.05, 0) is 55.7 Å². The fraction of sp³-hybridized carbons (Fsp3) is 0.542. The zero-order valence-electron chi connectivity index (χ0n) is 18.3. The molecule has 2 amide bonds. The number of nitrogens with zero attached hydrogens (tertiary/aromatic N) is 3. The van der Waals surface area contributed by atoms with Crippen LogP contribution in [0.2, 0.25) is 0 Å². The number of carbonyl (C=O) groups is 2. The molecule has 4 rings (SSSR count). The van der Waals surface area contributed by atoms with E-state index in [0.29, 0.717) is 31.2 Å². The monoisotopic (exact) mass is 421 g/mol. The van der Waals surface area contributed by atoms with Gasteiger partial charge in [-0.25, -0.2) is 9.97 Å². The van der Waals surface area contributed by atoms with Gasteiger partial charge in [-0.3, -0.25) is 14.6 Å². The molecule has 7 heteroatoms. The lowest BCUT2D eigenvalue weighted by Crippen LogP contribution is -2.43. The number of hydrogen-bond donors (Lipinski definition) is 2. The molecule has 2 N–H and O–H groups in total. The van der Waals surface area contributed by atoms with Crippen LogP contribution in [-0.4, -0.2) is 39.4 Å². The van der Waals surface area contributed by atoms with E-state index in [1.54, 1.807) is 0 Å². The molecule has 0 bridgehead atoms. The van der Waals surface area contributed by atoms with Gasteiger partial charge in [-0.15, -0.1) is 0 Å². The summed E-state index contributed by atoms with van der Waals surface area (Å²) in [6, 6.07) is 3.67. The number of amides is 2. The molecule has 1 aliphatic heterocycles. The van der Waals surface area contributed by atoms with E-state index in [1.165, 1.54) is 0 Å². The fourth-order valence-corrected chi connectivity index (χ4v) is 4.57. The fourth-order valence-electron chi connectivity index (χ4n) is 4.57. The molecular weight excluding hydrogens is 390 g/mol. The van der Waals surface area contributed by atoms with Gasteiger partial charge in [0.1, 0.15) is 11.9 Å². The molecule has 1 saturated heterocycles. The maximum absolute atomic E-state index is 12.3. The lowest BCUT2D eigenvalue weighted by atomic mass is 9.79. The highest BCUT2D eigenvalue weighted by Crippen LogP contribution is 2.39. The highest BCUT2D eigenvalue weighted by molar-refractivity contribution is 5.90. The van der Waals surface area contributed by atoms with E-state index in [0.717, 1.165) is 48.3 Å². The molecule has 31 heavy (non-hydrogen) atoms. The summed E-state index contributed by atoms with van der Waals surface area (Å²) in [5.41, 5.74) is 3.34. The SMILES string of the molecule is CC(C)c1ncc(-c2ccncc2)c(C2CCC(CNC(=O)C3CCC(=O)N3)CC2)n1. The van der Waals surface area contributed by atoms with Crippen LogP contribution in [0.1, 0.15) is 75.7 Å².